The SMILES string of the molecule is COc1ccc(Cl)c(OC[C@H]2C[C@H](c3ccc(=O)[nH]c3)CN2c2cc3c(cc2F)c(=O)c(C(=O)O)cn3-c2ccc(N3CC(N(C)C)C3)nc2)n1.O=CO. The lowest BCUT2D eigenvalue weighted by Crippen LogP contribution is -2.57. The number of pyridine rings is 4. The Bertz CT molecular complexity index is 2280. The van der Waals surface area contributed by atoms with Crippen LogP contribution in [0.15, 0.2) is 76.7 Å². The minimum absolute atomic E-state index is 0.0680. The summed E-state index contributed by atoms with van der Waals surface area (Å²) >= 11 is 6.37. The Morgan fingerprint density at radius 2 is 1.89 bits per heavy atom. The second-order valence-corrected chi connectivity index (χ2v) is 13.5. The van der Waals surface area contributed by atoms with E-state index in [4.69, 9.17) is 31.0 Å². The van der Waals surface area contributed by atoms with Gasteiger partial charge in [0.1, 0.15) is 28.8 Å². The zero-order chi connectivity index (χ0) is 38.7. The van der Waals surface area contributed by atoms with Crippen LogP contribution in [0.2, 0.25) is 5.02 Å². The molecule has 2 saturated heterocycles. The summed E-state index contributed by atoms with van der Waals surface area (Å²) in [7, 11) is 5.55. The zero-order valence-corrected chi connectivity index (χ0v) is 30.2. The third-order valence-electron chi connectivity index (χ3n) is 9.64. The molecule has 7 rings (SSSR count). The lowest BCUT2D eigenvalue weighted by molar-refractivity contribution is -0.122. The van der Waals surface area contributed by atoms with Crippen LogP contribution in [-0.4, -0.2) is 107 Å². The van der Waals surface area contributed by atoms with Crippen molar-refractivity contribution in [1.82, 2.24) is 24.4 Å². The average Bonchev–Trinajstić information content (AvgIpc) is 3.55. The smallest absolute Gasteiger partial charge is 0.341 e. The zero-order valence-electron chi connectivity index (χ0n) is 29.5. The molecule has 0 spiro atoms. The lowest BCUT2D eigenvalue weighted by atomic mass is 9.98. The molecule has 54 heavy (non-hydrogen) atoms. The first-order valence-corrected chi connectivity index (χ1v) is 17.2. The first-order chi connectivity index (χ1) is 25.9. The maximum absolute atomic E-state index is 16.3. The third kappa shape index (κ3) is 7.70. The highest BCUT2D eigenvalue weighted by Gasteiger charge is 2.36. The summed E-state index contributed by atoms with van der Waals surface area (Å²) < 4.78 is 29.1. The molecule has 17 heteroatoms. The largest absolute Gasteiger partial charge is 0.483 e. The van der Waals surface area contributed by atoms with Gasteiger partial charge in [0.2, 0.25) is 22.7 Å². The maximum atomic E-state index is 16.3. The number of rotatable bonds is 10. The van der Waals surface area contributed by atoms with E-state index in [1.54, 1.807) is 47.3 Å². The summed E-state index contributed by atoms with van der Waals surface area (Å²) in [4.78, 5) is 63.6. The molecule has 0 bridgehead atoms. The molecule has 3 N–H and O–H groups in total. The summed E-state index contributed by atoms with van der Waals surface area (Å²) in [6, 6.07) is 12.7. The Balaban J connectivity index is 0.00000160. The van der Waals surface area contributed by atoms with Gasteiger partial charge in [-0.3, -0.25) is 14.4 Å². The van der Waals surface area contributed by atoms with Gasteiger partial charge in [-0.15, -0.1) is 0 Å². The van der Waals surface area contributed by atoms with E-state index in [1.807, 2.05) is 25.1 Å². The van der Waals surface area contributed by atoms with Gasteiger partial charge in [-0.2, -0.15) is 4.98 Å². The predicted octanol–water partition coefficient (Wildman–Crippen LogP) is 3.86. The van der Waals surface area contributed by atoms with Crippen LogP contribution < -0.4 is 30.3 Å². The number of anilines is 2. The van der Waals surface area contributed by atoms with Crippen molar-refractivity contribution in [3.05, 3.63) is 110 Å². The fraction of sp³-hybridized carbons (Fsp3) is 0.297. The molecule has 4 aromatic heterocycles. The molecule has 5 aromatic rings. The van der Waals surface area contributed by atoms with Crippen LogP contribution in [-0.2, 0) is 4.79 Å². The number of aromatic amines is 1. The molecule has 0 aliphatic carbocycles. The number of nitrogens with one attached hydrogen (secondary N) is 1. The predicted molar refractivity (Wildman–Crippen MR) is 199 cm³/mol. The molecule has 1 aromatic carbocycles. The fourth-order valence-corrected chi connectivity index (χ4v) is 6.84. The number of H-pyrrole nitrogens is 1. The first-order valence-electron chi connectivity index (χ1n) is 16.8. The van der Waals surface area contributed by atoms with Gasteiger partial charge in [0.05, 0.1) is 36.2 Å². The number of hydrogen-bond acceptors (Lipinski definition) is 11. The van der Waals surface area contributed by atoms with Gasteiger partial charge < -0.3 is 43.9 Å². The van der Waals surface area contributed by atoms with E-state index in [-0.39, 0.29) is 46.5 Å². The molecule has 2 fully saturated rings. The first kappa shape index (κ1) is 37.7. The Labute approximate surface area is 312 Å². The maximum Gasteiger partial charge on any atom is 0.341 e. The van der Waals surface area contributed by atoms with Crippen LogP contribution >= 0.6 is 11.6 Å². The number of fused-ring (bicyclic) bond motifs is 1. The molecule has 6 heterocycles. The Morgan fingerprint density at radius 1 is 1.13 bits per heavy atom. The number of ether oxygens (including phenoxy) is 2. The number of carboxylic acid groups (broad SMARTS) is 2. The van der Waals surface area contributed by atoms with E-state index in [9.17, 15) is 19.5 Å². The molecule has 2 aliphatic rings. The molecule has 0 unspecified atom stereocenters. The molecule has 0 saturated carbocycles. The van der Waals surface area contributed by atoms with Crippen LogP contribution in [0.4, 0.5) is 15.9 Å². The van der Waals surface area contributed by atoms with Crippen molar-refractivity contribution in [3.8, 4) is 17.4 Å². The number of nitrogens with zero attached hydrogens (tertiary/aromatic N) is 6. The molecule has 0 amide bonds. The van der Waals surface area contributed by atoms with E-state index in [2.05, 4.69) is 24.8 Å². The van der Waals surface area contributed by atoms with Gasteiger partial charge >= 0.3 is 5.97 Å². The Kier molecular flexibility index (Phi) is 11.1. The van der Waals surface area contributed by atoms with Gasteiger partial charge in [-0.05, 0) is 56.4 Å². The van der Waals surface area contributed by atoms with Gasteiger partial charge in [-0.1, -0.05) is 17.7 Å². The van der Waals surface area contributed by atoms with Crippen molar-refractivity contribution in [2.45, 2.75) is 24.4 Å². The summed E-state index contributed by atoms with van der Waals surface area (Å²) in [5.41, 5.74) is 0.306. The van der Waals surface area contributed by atoms with Gasteiger partial charge in [-0.25, -0.2) is 14.2 Å². The van der Waals surface area contributed by atoms with Crippen molar-refractivity contribution in [2.24, 2.45) is 0 Å². The monoisotopic (exact) mass is 761 g/mol. The van der Waals surface area contributed by atoms with Gasteiger partial charge in [0, 0.05) is 61.5 Å². The highest BCUT2D eigenvalue weighted by molar-refractivity contribution is 6.31. The van der Waals surface area contributed by atoms with Crippen molar-refractivity contribution in [1.29, 1.82) is 0 Å². The van der Waals surface area contributed by atoms with Crippen LogP contribution in [0.1, 0.15) is 28.3 Å². The summed E-state index contributed by atoms with van der Waals surface area (Å²) in [6.45, 7) is 1.82. The fourth-order valence-electron chi connectivity index (χ4n) is 6.68. The van der Waals surface area contributed by atoms with E-state index < -0.39 is 28.8 Å². The normalized spacial score (nSPS) is 16.9. The van der Waals surface area contributed by atoms with Gasteiger partial charge in [0.25, 0.3) is 6.47 Å². The third-order valence-corrected chi connectivity index (χ3v) is 9.93. The van der Waals surface area contributed by atoms with Crippen molar-refractivity contribution in [3.63, 3.8) is 0 Å². The number of benzene rings is 1. The van der Waals surface area contributed by atoms with Crippen LogP contribution in [0.3, 0.4) is 0 Å². The molecule has 282 valence electrons. The van der Waals surface area contributed by atoms with E-state index >= 15 is 4.39 Å². The van der Waals surface area contributed by atoms with Crippen LogP contribution in [0.5, 0.6) is 11.8 Å². The minimum atomic E-state index is -1.43. The molecule has 0 radical (unpaired) electrons. The quantitative estimate of drug-likeness (QED) is 0.175. The minimum Gasteiger partial charge on any atom is -0.483 e. The number of likely N-dealkylation sites (N-methyl/N-ethyl adjacent to an activating group) is 1. The number of carbonyl (C=O) groups is 2. The molecule has 2 aliphatic heterocycles. The number of halogens is 2. The van der Waals surface area contributed by atoms with Crippen molar-refractivity contribution < 1.29 is 33.7 Å². The van der Waals surface area contributed by atoms with Crippen LogP contribution in [0.25, 0.3) is 16.6 Å². The Morgan fingerprint density at radius 3 is 2.52 bits per heavy atom. The number of carboxylic acids is 1. The lowest BCUT2D eigenvalue weighted by Gasteiger charge is -2.43. The molecular formula is C37H37ClFN7O8. The standard InChI is InChI=1S/C36H35ClFN7O6.CH2O2/c1-42(2)24-16-43(17-24)31-7-5-22(14-39-31)45-18-26(36(48)49)34(47)25-11-28(38)30(12-29(25)45)44-15-21(20-4-8-32(46)40-13-20)10-23(44)19-51-35-27(37)6-9-33(41-35)50-3;2-1-3/h4-9,11-14,18,21,23-24H,10,15-17,19H2,1-3H3,(H,40,46)(H,48,49);1H,(H,2,3)/t21-,23+;/m0./s1. The molecule has 15 nitrogen and oxygen atoms in total. The van der Waals surface area contributed by atoms with Crippen LogP contribution in [0, 0.1) is 5.82 Å². The van der Waals surface area contributed by atoms with Crippen molar-refractivity contribution in [2.75, 3.05) is 57.2 Å². The highest BCUT2D eigenvalue weighted by Crippen LogP contribution is 2.38. The van der Waals surface area contributed by atoms with Crippen molar-refractivity contribution >= 4 is 46.5 Å². The number of aromatic nitrogens is 4. The van der Waals surface area contributed by atoms with Gasteiger partial charge in [0.15, 0.2) is 0 Å². The molecule has 2 atom stereocenters. The number of aromatic carboxylic acids is 1. The van der Waals surface area contributed by atoms with E-state index in [1.165, 1.54) is 19.4 Å². The number of hydrogen-bond donors (Lipinski definition) is 3. The average molecular weight is 762 g/mol. The van der Waals surface area contributed by atoms with E-state index in [0.717, 1.165) is 30.5 Å². The number of methoxy groups -OCH3 is 1. The second-order valence-electron chi connectivity index (χ2n) is 13.0. The topological polar surface area (TPSA) is 183 Å². The van der Waals surface area contributed by atoms with E-state index in [0.29, 0.717) is 36.1 Å². The Hall–Kier alpha value is -6.00. The summed E-state index contributed by atoms with van der Waals surface area (Å²) in [5, 5.41) is 17.0. The summed E-state index contributed by atoms with van der Waals surface area (Å²) in [6.07, 6.45) is 5.03. The highest BCUT2D eigenvalue weighted by atomic mass is 35.5. The summed E-state index contributed by atoms with van der Waals surface area (Å²) in [5.74, 6) is -1.02. The second kappa shape index (κ2) is 15.9. The molecular weight excluding hydrogens is 725 g/mol.